The summed E-state index contributed by atoms with van der Waals surface area (Å²) in [7, 11) is 2.02. The van der Waals surface area contributed by atoms with Gasteiger partial charge >= 0.3 is 0 Å². The fourth-order valence-corrected chi connectivity index (χ4v) is 2.28. The van der Waals surface area contributed by atoms with Crippen molar-refractivity contribution in [2.45, 2.75) is 32.7 Å². The van der Waals surface area contributed by atoms with Crippen molar-refractivity contribution in [3.05, 3.63) is 59.7 Å². The Morgan fingerprint density at radius 2 is 1.68 bits per heavy atom. The molecule has 0 aliphatic rings. The van der Waals surface area contributed by atoms with Crippen molar-refractivity contribution in [1.82, 2.24) is 5.32 Å². The summed E-state index contributed by atoms with van der Waals surface area (Å²) in [5.41, 5.74) is 5.39. The van der Waals surface area contributed by atoms with Crippen molar-refractivity contribution < 1.29 is 0 Å². The van der Waals surface area contributed by atoms with E-state index in [-0.39, 0.29) is 0 Å². The predicted molar refractivity (Wildman–Crippen MR) is 83.5 cm³/mol. The third-order valence-corrected chi connectivity index (χ3v) is 3.77. The van der Waals surface area contributed by atoms with E-state index < -0.39 is 0 Å². The van der Waals surface area contributed by atoms with Crippen LogP contribution in [-0.2, 0) is 6.42 Å². The number of rotatable bonds is 5. The number of hydrogen-bond donors (Lipinski definition) is 1. The second-order valence-corrected chi connectivity index (χ2v) is 5.24. The van der Waals surface area contributed by atoms with Crippen LogP contribution in [0.1, 0.15) is 24.5 Å². The van der Waals surface area contributed by atoms with Crippen LogP contribution >= 0.6 is 0 Å². The maximum absolute atomic E-state index is 3.28. The Kier molecular flexibility index (Phi) is 4.75. The first-order chi connectivity index (χ1) is 9.20. The van der Waals surface area contributed by atoms with Gasteiger partial charge in [0, 0.05) is 6.04 Å². The van der Waals surface area contributed by atoms with Gasteiger partial charge in [0.1, 0.15) is 0 Å². The van der Waals surface area contributed by atoms with Gasteiger partial charge in [0.15, 0.2) is 0 Å². The van der Waals surface area contributed by atoms with E-state index in [1.807, 2.05) is 7.05 Å². The molecule has 0 fully saturated rings. The Bertz CT molecular complexity index is 513. The van der Waals surface area contributed by atoms with E-state index in [1.54, 1.807) is 0 Å². The van der Waals surface area contributed by atoms with Crippen molar-refractivity contribution in [3.8, 4) is 11.1 Å². The molecule has 0 bridgehead atoms. The summed E-state index contributed by atoms with van der Waals surface area (Å²) in [5, 5.41) is 3.28. The van der Waals surface area contributed by atoms with Gasteiger partial charge in [0.2, 0.25) is 0 Å². The number of hydrogen-bond acceptors (Lipinski definition) is 1. The molecule has 1 nitrogen and oxygen atoms in total. The molecule has 0 aliphatic carbocycles. The first-order valence-electron chi connectivity index (χ1n) is 7.03. The van der Waals surface area contributed by atoms with Crippen LogP contribution in [0.25, 0.3) is 11.1 Å². The van der Waals surface area contributed by atoms with Gasteiger partial charge in [-0.1, -0.05) is 48.5 Å². The maximum atomic E-state index is 3.28. The molecule has 0 radical (unpaired) electrons. The van der Waals surface area contributed by atoms with E-state index in [0.29, 0.717) is 6.04 Å². The lowest BCUT2D eigenvalue weighted by atomic mass is 9.98. The van der Waals surface area contributed by atoms with Crippen LogP contribution in [0.4, 0.5) is 0 Å². The Hall–Kier alpha value is -1.60. The van der Waals surface area contributed by atoms with E-state index in [1.165, 1.54) is 28.7 Å². The predicted octanol–water partition coefficient (Wildman–Crippen LogP) is 4.20. The van der Waals surface area contributed by atoms with Crippen LogP contribution in [-0.4, -0.2) is 13.1 Å². The number of nitrogens with one attached hydrogen (secondary N) is 1. The van der Waals surface area contributed by atoms with Crippen LogP contribution < -0.4 is 5.32 Å². The first-order valence-corrected chi connectivity index (χ1v) is 7.03. The minimum atomic E-state index is 0.580. The standard InChI is InChI=1S/C18H23N/c1-14-6-4-5-7-18(14)17-12-10-16(11-13-17)9-8-15(2)19-3/h4-7,10-13,15,19H,8-9H2,1-3H3. The van der Waals surface area contributed by atoms with Gasteiger partial charge in [-0.05, 0) is 56.0 Å². The molecule has 1 N–H and O–H groups in total. The van der Waals surface area contributed by atoms with E-state index in [2.05, 4.69) is 67.7 Å². The minimum Gasteiger partial charge on any atom is -0.317 e. The highest BCUT2D eigenvalue weighted by atomic mass is 14.8. The zero-order chi connectivity index (χ0) is 13.7. The second kappa shape index (κ2) is 6.53. The fourth-order valence-electron chi connectivity index (χ4n) is 2.28. The smallest absolute Gasteiger partial charge is 0.00388 e. The highest BCUT2D eigenvalue weighted by Gasteiger charge is 2.02. The molecule has 2 aromatic carbocycles. The van der Waals surface area contributed by atoms with Gasteiger partial charge in [-0.2, -0.15) is 0 Å². The molecule has 19 heavy (non-hydrogen) atoms. The van der Waals surface area contributed by atoms with Crippen LogP contribution in [0.15, 0.2) is 48.5 Å². The largest absolute Gasteiger partial charge is 0.317 e. The summed E-state index contributed by atoms with van der Waals surface area (Å²) >= 11 is 0. The molecular weight excluding hydrogens is 230 g/mol. The average Bonchev–Trinajstić information content (AvgIpc) is 2.46. The third kappa shape index (κ3) is 3.68. The van der Waals surface area contributed by atoms with Crippen molar-refractivity contribution in [2.24, 2.45) is 0 Å². The summed E-state index contributed by atoms with van der Waals surface area (Å²) in [5.74, 6) is 0. The van der Waals surface area contributed by atoms with Crippen molar-refractivity contribution in [3.63, 3.8) is 0 Å². The van der Waals surface area contributed by atoms with E-state index in [0.717, 1.165) is 6.42 Å². The van der Waals surface area contributed by atoms with Crippen LogP contribution in [0, 0.1) is 6.92 Å². The average molecular weight is 253 g/mol. The second-order valence-electron chi connectivity index (χ2n) is 5.24. The topological polar surface area (TPSA) is 12.0 Å². The first kappa shape index (κ1) is 13.8. The SMILES string of the molecule is CNC(C)CCc1ccc(-c2ccccc2C)cc1. The number of aryl methyl sites for hydroxylation is 2. The molecule has 1 unspecified atom stereocenters. The molecule has 0 aromatic heterocycles. The molecule has 1 atom stereocenters. The third-order valence-electron chi connectivity index (χ3n) is 3.77. The Morgan fingerprint density at radius 3 is 2.32 bits per heavy atom. The number of benzene rings is 2. The van der Waals surface area contributed by atoms with E-state index in [4.69, 9.17) is 0 Å². The quantitative estimate of drug-likeness (QED) is 0.842. The zero-order valence-electron chi connectivity index (χ0n) is 12.1. The molecule has 0 spiro atoms. The Labute approximate surface area is 116 Å². The Balaban J connectivity index is 2.09. The van der Waals surface area contributed by atoms with Gasteiger partial charge in [-0.3, -0.25) is 0 Å². The van der Waals surface area contributed by atoms with Crippen molar-refractivity contribution in [1.29, 1.82) is 0 Å². The molecule has 0 heterocycles. The molecule has 0 saturated carbocycles. The summed E-state index contributed by atoms with van der Waals surface area (Å²) in [4.78, 5) is 0. The fraction of sp³-hybridized carbons (Fsp3) is 0.333. The van der Waals surface area contributed by atoms with Gasteiger partial charge < -0.3 is 5.32 Å². The van der Waals surface area contributed by atoms with Crippen LogP contribution in [0.5, 0.6) is 0 Å². The van der Waals surface area contributed by atoms with Gasteiger partial charge in [0.05, 0.1) is 0 Å². The lowest BCUT2D eigenvalue weighted by Gasteiger charge is -2.10. The molecule has 0 saturated heterocycles. The molecule has 0 aliphatic heterocycles. The van der Waals surface area contributed by atoms with E-state index in [9.17, 15) is 0 Å². The summed E-state index contributed by atoms with van der Waals surface area (Å²) in [6, 6.07) is 18.1. The molecule has 100 valence electrons. The molecule has 1 heteroatoms. The Morgan fingerprint density at radius 1 is 1.00 bits per heavy atom. The lowest BCUT2D eigenvalue weighted by molar-refractivity contribution is 0.565. The summed E-state index contributed by atoms with van der Waals surface area (Å²) in [6.45, 7) is 4.39. The maximum Gasteiger partial charge on any atom is 0.00388 e. The highest BCUT2D eigenvalue weighted by molar-refractivity contribution is 5.67. The molecule has 0 amide bonds. The van der Waals surface area contributed by atoms with Gasteiger partial charge in [-0.15, -0.1) is 0 Å². The molecular formula is C18H23N. The van der Waals surface area contributed by atoms with E-state index >= 15 is 0 Å². The van der Waals surface area contributed by atoms with Gasteiger partial charge in [0.25, 0.3) is 0 Å². The highest BCUT2D eigenvalue weighted by Crippen LogP contribution is 2.23. The monoisotopic (exact) mass is 253 g/mol. The normalized spacial score (nSPS) is 12.4. The van der Waals surface area contributed by atoms with Crippen LogP contribution in [0.2, 0.25) is 0 Å². The van der Waals surface area contributed by atoms with Crippen molar-refractivity contribution >= 4 is 0 Å². The van der Waals surface area contributed by atoms with Gasteiger partial charge in [-0.25, -0.2) is 0 Å². The zero-order valence-corrected chi connectivity index (χ0v) is 12.1. The lowest BCUT2D eigenvalue weighted by Crippen LogP contribution is -2.21. The molecule has 2 aromatic rings. The van der Waals surface area contributed by atoms with Crippen molar-refractivity contribution in [2.75, 3.05) is 7.05 Å². The summed E-state index contributed by atoms with van der Waals surface area (Å²) < 4.78 is 0. The summed E-state index contributed by atoms with van der Waals surface area (Å²) in [6.07, 6.45) is 2.32. The molecule has 2 rings (SSSR count). The van der Waals surface area contributed by atoms with Crippen LogP contribution in [0.3, 0.4) is 0 Å². The minimum absolute atomic E-state index is 0.580.